The Labute approximate surface area is 90.0 Å². The number of nitrogens with one attached hydrogen (secondary N) is 1. The van der Waals surface area contributed by atoms with Crippen LogP contribution in [0.15, 0.2) is 16.8 Å². The predicted molar refractivity (Wildman–Crippen MR) is 61.8 cm³/mol. The molecule has 0 aliphatic heterocycles. The first-order chi connectivity index (χ1) is 6.58. The standard InChI is InChI=1S/C11H19NOS/c1-11(2,13)5-7-12-6-3-10-4-8-14-9-10/h4,8-9,12-13H,3,5-7H2,1-2H3. The molecule has 0 bridgehead atoms. The van der Waals surface area contributed by atoms with Crippen LogP contribution >= 0.6 is 11.3 Å². The molecule has 1 rings (SSSR count). The van der Waals surface area contributed by atoms with Crippen LogP contribution in [0.5, 0.6) is 0 Å². The van der Waals surface area contributed by atoms with E-state index in [0.717, 1.165) is 25.9 Å². The van der Waals surface area contributed by atoms with Gasteiger partial charge in [-0.1, -0.05) is 0 Å². The Morgan fingerprint density at radius 3 is 2.79 bits per heavy atom. The first kappa shape index (κ1) is 11.7. The molecule has 2 N–H and O–H groups in total. The lowest BCUT2D eigenvalue weighted by molar-refractivity contribution is 0.0713. The molecule has 0 amide bonds. The average Bonchev–Trinajstić information content (AvgIpc) is 2.54. The van der Waals surface area contributed by atoms with Gasteiger partial charge in [-0.05, 0) is 62.2 Å². The molecular weight excluding hydrogens is 194 g/mol. The minimum Gasteiger partial charge on any atom is -0.390 e. The number of aliphatic hydroxyl groups is 1. The summed E-state index contributed by atoms with van der Waals surface area (Å²) in [6.45, 7) is 5.56. The van der Waals surface area contributed by atoms with Crippen molar-refractivity contribution in [1.82, 2.24) is 5.32 Å². The van der Waals surface area contributed by atoms with Crippen LogP contribution in [0.3, 0.4) is 0 Å². The van der Waals surface area contributed by atoms with Crippen molar-refractivity contribution in [3.05, 3.63) is 22.4 Å². The quantitative estimate of drug-likeness (QED) is 0.709. The van der Waals surface area contributed by atoms with Gasteiger partial charge in [0.25, 0.3) is 0 Å². The fourth-order valence-corrected chi connectivity index (χ4v) is 1.89. The minimum absolute atomic E-state index is 0.546. The lowest BCUT2D eigenvalue weighted by Crippen LogP contribution is -2.27. The summed E-state index contributed by atoms with van der Waals surface area (Å²) in [5.41, 5.74) is 0.848. The molecule has 0 spiro atoms. The molecular formula is C11H19NOS. The molecule has 14 heavy (non-hydrogen) atoms. The molecule has 1 aromatic heterocycles. The third-order valence-electron chi connectivity index (χ3n) is 2.08. The van der Waals surface area contributed by atoms with Gasteiger partial charge in [0.15, 0.2) is 0 Å². The number of rotatable bonds is 6. The van der Waals surface area contributed by atoms with Crippen molar-refractivity contribution in [2.24, 2.45) is 0 Å². The second-order valence-electron chi connectivity index (χ2n) is 4.19. The molecule has 1 heterocycles. The molecule has 3 heteroatoms. The highest BCUT2D eigenvalue weighted by atomic mass is 32.1. The molecule has 0 aliphatic rings. The van der Waals surface area contributed by atoms with Crippen LogP contribution < -0.4 is 5.32 Å². The fourth-order valence-electron chi connectivity index (χ4n) is 1.19. The van der Waals surface area contributed by atoms with Crippen LogP contribution in [-0.2, 0) is 6.42 Å². The van der Waals surface area contributed by atoms with E-state index in [1.807, 2.05) is 13.8 Å². The second-order valence-corrected chi connectivity index (χ2v) is 4.97. The van der Waals surface area contributed by atoms with Crippen molar-refractivity contribution in [2.45, 2.75) is 32.3 Å². The molecule has 0 atom stereocenters. The molecule has 80 valence electrons. The van der Waals surface area contributed by atoms with Crippen LogP contribution in [0.2, 0.25) is 0 Å². The topological polar surface area (TPSA) is 32.3 Å². The van der Waals surface area contributed by atoms with Crippen molar-refractivity contribution in [3.63, 3.8) is 0 Å². The molecule has 0 saturated heterocycles. The zero-order valence-corrected chi connectivity index (χ0v) is 9.73. The smallest absolute Gasteiger partial charge is 0.0603 e. The molecule has 2 nitrogen and oxygen atoms in total. The molecule has 0 saturated carbocycles. The molecule has 0 unspecified atom stereocenters. The summed E-state index contributed by atoms with van der Waals surface area (Å²) >= 11 is 1.74. The van der Waals surface area contributed by atoms with Gasteiger partial charge in [0, 0.05) is 0 Å². The van der Waals surface area contributed by atoms with Gasteiger partial charge in [0.1, 0.15) is 0 Å². The Hall–Kier alpha value is -0.380. The Balaban J connectivity index is 2.00. The highest BCUT2D eigenvalue weighted by Crippen LogP contribution is 2.07. The van der Waals surface area contributed by atoms with Gasteiger partial charge in [-0.2, -0.15) is 11.3 Å². The van der Waals surface area contributed by atoms with Gasteiger partial charge in [0.05, 0.1) is 5.60 Å². The normalized spacial score (nSPS) is 11.9. The lowest BCUT2D eigenvalue weighted by Gasteiger charge is -2.16. The summed E-state index contributed by atoms with van der Waals surface area (Å²) in [5, 5.41) is 17.1. The summed E-state index contributed by atoms with van der Waals surface area (Å²) < 4.78 is 0. The largest absolute Gasteiger partial charge is 0.390 e. The van der Waals surface area contributed by atoms with Crippen molar-refractivity contribution in [3.8, 4) is 0 Å². The number of hydrogen-bond acceptors (Lipinski definition) is 3. The van der Waals surface area contributed by atoms with Crippen molar-refractivity contribution >= 4 is 11.3 Å². The van der Waals surface area contributed by atoms with Crippen molar-refractivity contribution in [1.29, 1.82) is 0 Å². The summed E-state index contributed by atoms with van der Waals surface area (Å²) in [4.78, 5) is 0. The van der Waals surface area contributed by atoms with Crippen molar-refractivity contribution in [2.75, 3.05) is 13.1 Å². The van der Waals surface area contributed by atoms with E-state index in [9.17, 15) is 5.11 Å². The summed E-state index contributed by atoms with van der Waals surface area (Å²) in [7, 11) is 0. The molecule has 0 aliphatic carbocycles. The van der Waals surface area contributed by atoms with Crippen LogP contribution in [-0.4, -0.2) is 23.8 Å². The maximum atomic E-state index is 9.46. The third-order valence-corrected chi connectivity index (χ3v) is 2.82. The maximum Gasteiger partial charge on any atom is 0.0603 e. The van der Waals surface area contributed by atoms with E-state index in [2.05, 4.69) is 22.1 Å². The maximum absolute atomic E-state index is 9.46. The molecule has 0 radical (unpaired) electrons. The summed E-state index contributed by atoms with van der Waals surface area (Å²) in [5.74, 6) is 0. The zero-order valence-electron chi connectivity index (χ0n) is 8.92. The van der Waals surface area contributed by atoms with Gasteiger partial charge < -0.3 is 10.4 Å². The van der Waals surface area contributed by atoms with Gasteiger partial charge in [-0.3, -0.25) is 0 Å². The monoisotopic (exact) mass is 213 g/mol. The second kappa shape index (κ2) is 5.49. The van der Waals surface area contributed by atoms with Gasteiger partial charge in [0.2, 0.25) is 0 Å². The van der Waals surface area contributed by atoms with Gasteiger partial charge >= 0.3 is 0 Å². The highest BCUT2D eigenvalue weighted by molar-refractivity contribution is 7.07. The van der Waals surface area contributed by atoms with E-state index in [4.69, 9.17) is 0 Å². The summed E-state index contributed by atoms with van der Waals surface area (Å²) in [6.07, 6.45) is 1.88. The van der Waals surface area contributed by atoms with E-state index in [0.29, 0.717) is 0 Å². The number of hydrogen-bond donors (Lipinski definition) is 2. The third kappa shape index (κ3) is 5.37. The SMILES string of the molecule is CC(C)(O)CCNCCc1ccsc1. The Kier molecular flexibility index (Phi) is 4.58. The van der Waals surface area contributed by atoms with E-state index in [-0.39, 0.29) is 0 Å². The minimum atomic E-state index is -0.546. The zero-order chi connectivity index (χ0) is 10.4. The van der Waals surface area contributed by atoms with E-state index in [1.54, 1.807) is 11.3 Å². The van der Waals surface area contributed by atoms with Gasteiger partial charge in [-0.15, -0.1) is 0 Å². The van der Waals surface area contributed by atoms with Crippen LogP contribution in [0.4, 0.5) is 0 Å². The first-order valence-electron chi connectivity index (χ1n) is 5.02. The Bertz CT molecular complexity index is 238. The molecule has 1 aromatic rings. The first-order valence-corrected chi connectivity index (χ1v) is 5.96. The van der Waals surface area contributed by atoms with E-state index < -0.39 is 5.60 Å². The van der Waals surface area contributed by atoms with E-state index >= 15 is 0 Å². The molecule has 0 aromatic carbocycles. The number of thiophene rings is 1. The Morgan fingerprint density at radius 2 is 2.21 bits per heavy atom. The lowest BCUT2D eigenvalue weighted by atomic mass is 10.1. The van der Waals surface area contributed by atoms with Crippen LogP contribution in [0.1, 0.15) is 25.8 Å². The van der Waals surface area contributed by atoms with Crippen molar-refractivity contribution < 1.29 is 5.11 Å². The van der Waals surface area contributed by atoms with Crippen LogP contribution in [0.25, 0.3) is 0 Å². The Morgan fingerprint density at radius 1 is 1.43 bits per heavy atom. The average molecular weight is 213 g/mol. The van der Waals surface area contributed by atoms with Crippen LogP contribution in [0, 0.1) is 0 Å². The van der Waals surface area contributed by atoms with E-state index in [1.165, 1.54) is 5.56 Å². The van der Waals surface area contributed by atoms with Gasteiger partial charge in [-0.25, -0.2) is 0 Å². The highest BCUT2D eigenvalue weighted by Gasteiger charge is 2.10. The fraction of sp³-hybridized carbons (Fsp3) is 0.636. The summed E-state index contributed by atoms with van der Waals surface area (Å²) in [6, 6.07) is 2.16. The predicted octanol–water partition coefficient (Wildman–Crippen LogP) is 2.04. The molecule has 0 fully saturated rings.